The van der Waals surface area contributed by atoms with Gasteiger partial charge in [-0.3, -0.25) is 14.4 Å². The van der Waals surface area contributed by atoms with E-state index in [1.54, 1.807) is 48.1 Å². The van der Waals surface area contributed by atoms with Crippen LogP contribution in [0.3, 0.4) is 0 Å². The molecule has 0 saturated heterocycles. The Labute approximate surface area is 138 Å². The second kappa shape index (κ2) is 6.23. The zero-order chi connectivity index (χ0) is 17.3. The van der Waals surface area contributed by atoms with Crippen molar-refractivity contribution in [2.45, 2.75) is 6.42 Å². The molecule has 0 unspecified atom stereocenters. The third kappa shape index (κ3) is 2.45. The summed E-state index contributed by atoms with van der Waals surface area (Å²) in [5.41, 5.74) is 1.65. The van der Waals surface area contributed by atoms with Crippen LogP contribution in [0.2, 0.25) is 0 Å². The molecule has 8 heteroatoms. The van der Waals surface area contributed by atoms with Gasteiger partial charge in [0.05, 0.1) is 31.7 Å². The molecule has 1 N–H and O–H groups in total. The van der Waals surface area contributed by atoms with Gasteiger partial charge in [0.15, 0.2) is 11.5 Å². The van der Waals surface area contributed by atoms with Crippen molar-refractivity contribution in [3.8, 4) is 11.5 Å². The minimum absolute atomic E-state index is 0.183. The molecule has 1 aromatic carbocycles. The van der Waals surface area contributed by atoms with Crippen molar-refractivity contribution in [3.05, 3.63) is 35.5 Å². The third-order valence-corrected chi connectivity index (χ3v) is 4.04. The molecule has 0 radical (unpaired) electrons. The van der Waals surface area contributed by atoms with Crippen LogP contribution in [0.15, 0.2) is 29.6 Å². The van der Waals surface area contributed by atoms with E-state index >= 15 is 0 Å². The average molecular weight is 330 g/mol. The Bertz CT molecular complexity index is 812. The van der Waals surface area contributed by atoms with E-state index in [-0.39, 0.29) is 5.91 Å². The smallest absolute Gasteiger partial charge is 0.259 e. The number of aryl methyl sites for hydroxylation is 1. The van der Waals surface area contributed by atoms with E-state index < -0.39 is 0 Å². The summed E-state index contributed by atoms with van der Waals surface area (Å²) in [7, 11) is 4.81. The average Bonchev–Trinajstić information content (AvgIpc) is 3.02. The minimum Gasteiger partial charge on any atom is -0.493 e. The Balaban J connectivity index is 2.01. The van der Waals surface area contributed by atoms with Crippen LogP contribution in [0.1, 0.15) is 22.3 Å². The zero-order valence-corrected chi connectivity index (χ0v) is 13.7. The molecule has 0 spiro atoms. The van der Waals surface area contributed by atoms with Crippen molar-refractivity contribution >= 4 is 17.4 Å². The molecule has 1 aliphatic rings. The number of hydrogen-bond donors (Lipinski definition) is 1. The predicted molar refractivity (Wildman–Crippen MR) is 87.4 cm³/mol. The molecule has 8 nitrogen and oxygen atoms in total. The predicted octanol–water partition coefficient (Wildman–Crippen LogP) is 1.67. The molecule has 2 aromatic rings. The summed E-state index contributed by atoms with van der Waals surface area (Å²) >= 11 is 0. The number of aromatic nitrogens is 2. The lowest BCUT2D eigenvalue weighted by Crippen LogP contribution is -2.38. The van der Waals surface area contributed by atoms with Gasteiger partial charge >= 0.3 is 0 Å². The van der Waals surface area contributed by atoms with Crippen molar-refractivity contribution in [2.75, 3.05) is 25.7 Å². The highest BCUT2D eigenvalue weighted by molar-refractivity contribution is 6.14. The maximum absolute atomic E-state index is 13.0. The normalized spacial score (nSPS) is 15.3. The molecule has 0 aliphatic carbocycles. The fraction of sp³-hybridized carbons (Fsp3) is 0.312. The fourth-order valence-electron chi connectivity index (χ4n) is 2.84. The summed E-state index contributed by atoms with van der Waals surface area (Å²) in [5, 5.41) is 16.6. The van der Waals surface area contributed by atoms with Crippen molar-refractivity contribution in [3.63, 3.8) is 0 Å². The quantitative estimate of drug-likeness (QED) is 0.683. The number of carbonyl (C=O) groups is 1. The maximum Gasteiger partial charge on any atom is 0.259 e. The fourth-order valence-corrected chi connectivity index (χ4v) is 2.84. The number of rotatable bonds is 3. The van der Waals surface area contributed by atoms with Crippen molar-refractivity contribution in [1.82, 2.24) is 9.78 Å². The maximum atomic E-state index is 13.0. The van der Waals surface area contributed by atoms with Gasteiger partial charge in [-0.05, 0) is 18.2 Å². The van der Waals surface area contributed by atoms with Gasteiger partial charge in [0.1, 0.15) is 5.82 Å². The molecule has 24 heavy (non-hydrogen) atoms. The number of benzene rings is 1. The van der Waals surface area contributed by atoms with Gasteiger partial charge in [-0.2, -0.15) is 5.10 Å². The summed E-state index contributed by atoms with van der Waals surface area (Å²) in [4.78, 5) is 14.6. The number of oxime groups is 1. The first-order valence-corrected chi connectivity index (χ1v) is 7.38. The second-order valence-electron chi connectivity index (χ2n) is 5.33. The number of ether oxygens (including phenoxy) is 2. The van der Waals surface area contributed by atoms with Gasteiger partial charge in [0, 0.05) is 25.6 Å². The number of methoxy groups -OCH3 is 2. The molecular formula is C16H18N4O4. The van der Waals surface area contributed by atoms with E-state index in [2.05, 4.69) is 10.3 Å². The molecule has 0 fully saturated rings. The number of carbonyl (C=O) groups excluding carboxylic acids is 1. The molecule has 3 rings (SSSR count). The molecule has 0 atom stereocenters. The van der Waals surface area contributed by atoms with Gasteiger partial charge in [-0.1, -0.05) is 5.16 Å². The van der Waals surface area contributed by atoms with Crippen LogP contribution < -0.4 is 14.4 Å². The summed E-state index contributed by atoms with van der Waals surface area (Å²) < 4.78 is 12.1. The van der Waals surface area contributed by atoms with Gasteiger partial charge in [0.2, 0.25) is 0 Å². The monoisotopic (exact) mass is 330 g/mol. The van der Waals surface area contributed by atoms with Crippen LogP contribution in [0.5, 0.6) is 11.5 Å². The van der Waals surface area contributed by atoms with Crippen LogP contribution in [0, 0.1) is 0 Å². The van der Waals surface area contributed by atoms with E-state index in [4.69, 9.17) is 14.7 Å². The first kappa shape index (κ1) is 15.9. The van der Waals surface area contributed by atoms with Crippen LogP contribution >= 0.6 is 0 Å². The Morgan fingerprint density at radius 1 is 1.29 bits per heavy atom. The molecular weight excluding hydrogens is 312 g/mol. The standard InChI is InChI=1S/C16H18N4O4/c1-19-15-11(9-17-19)12(18-22)6-7-20(15)16(21)10-4-5-13(23-2)14(8-10)24-3/h4-5,8-9,22H,6-7H2,1-3H3. The Kier molecular flexibility index (Phi) is 4.11. The first-order chi connectivity index (χ1) is 11.6. The summed E-state index contributed by atoms with van der Waals surface area (Å²) in [5.74, 6) is 1.47. The molecule has 1 aromatic heterocycles. The zero-order valence-electron chi connectivity index (χ0n) is 13.7. The summed E-state index contributed by atoms with van der Waals surface area (Å²) in [6.45, 7) is 0.402. The lowest BCUT2D eigenvalue weighted by atomic mass is 10.0. The van der Waals surface area contributed by atoms with E-state index in [0.717, 1.165) is 0 Å². The molecule has 1 aliphatic heterocycles. The highest BCUT2D eigenvalue weighted by Crippen LogP contribution is 2.31. The topological polar surface area (TPSA) is 89.2 Å². The Morgan fingerprint density at radius 3 is 2.71 bits per heavy atom. The highest BCUT2D eigenvalue weighted by atomic mass is 16.5. The number of amides is 1. The first-order valence-electron chi connectivity index (χ1n) is 7.38. The van der Waals surface area contributed by atoms with Crippen LogP contribution in [-0.2, 0) is 7.05 Å². The minimum atomic E-state index is -0.183. The van der Waals surface area contributed by atoms with E-state index in [1.165, 1.54) is 7.11 Å². The largest absolute Gasteiger partial charge is 0.493 e. The van der Waals surface area contributed by atoms with Crippen LogP contribution in [0.4, 0.5) is 5.82 Å². The second-order valence-corrected chi connectivity index (χ2v) is 5.33. The third-order valence-electron chi connectivity index (χ3n) is 4.04. The number of nitrogens with zero attached hydrogens (tertiary/aromatic N) is 4. The van der Waals surface area contributed by atoms with Gasteiger partial charge < -0.3 is 14.7 Å². The van der Waals surface area contributed by atoms with Gasteiger partial charge in [-0.15, -0.1) is 0 Å². The van der Waals surface area contributed by atoms with E-state index in [9.17, 15) is 4.79 Å². The van der Waals surface area contributed by atoms with Gasteiger partial charge in [-0.25, -0.2) is 0 Å². The molecule has 1 amide bonds. The SMILES string of the molecule is COc1ccc(C(=O)N2CCC(=NO)c3cnn(C)c32)cc1OC. The van der Waals surface area contributed by atoms with Crippen LogP contribution in [-0.4, -0.2) is 47.4 Å². The van der Waals surface area contributed by atoms with Crippen LogP contribution in [0.25, 0.3) is 0 Å². The lowest BCUT2D eigenvalue weighted by Gasteiger charge is -2.28. The summed E-state index contributed by atoms with van der Waals surface area (Å²) in [6, 6.07) is 5.03. The van der Waals surface area contributed by atoms with E-state index in [1.807, 2.05) is 0 Å². The Hall–Kier alpha value is -3.03. The number of hydrogen-bond acceptors (Lipinski definition) is 6. The molecule has 0 saturated carbocycles. The summed E-state index contributed by atoms with van der Waals surface area (Å²) in [6.07, 6.45) is 2.05. The highest BCUT2D eigenvalue weighted by Gasteiger charge is 2.31. The lowest BCUT2D eigenvalue weighted by molar-refractivity contribution is 0.0985. The molecule has 126 valence electrons. The van der Waals surface area contributed by atoms with Crippen molar-refractivity contribution < 1.29 is 19.5 Å². The van der Waals surface area contributed by atoms with Gasteiger partial charge in [0.25, 0.3) is 5.91 Å². The van der Waals surface area contributed by atoms with E-state index in [0.29, 0.717) is 47.1 Å². The molecule has 0 bridgehead atoms. The van der Waals surface area contributed by atoms with Crippen molar-refractivity contribution in [2.24, 2.45) is 12.2 Å². The Morgan fingerprint density at radius 2 is 2.04 bits per heavy atom. The molecule has 2 heterocycles. The number of anilines is 1. The number of fused-ring (bicyclic) bond motifs is 1. The van der Waals surface area contributed by atoms with Crippen molar-refractivity contribution in [1.29, 1.82) is 0 Å².